The van der Waals surface area contributed by atoms with Crippen molar-refractivity contribution in [3.05, 3.63) is 70.9 Å². The number of oxazole rings is 1. The summed E-state index contributed by atoms with van der Waals surface area (Å²) in [4.78, 5) is 8.94. The summed E-state index contributed by atoms with van der Waals surface area (Å²) >= 11 is 0. The number of aryl methyl sites for hydroxylation is 2. The number of fused-ring (bicyclic) bond motifs is 1. The molecule has 0 aliphatic heterocycles. The van der Waals surface area contributed by atoms with Crippen molar-refractivity contribution in [3.63, 3.8) is 0 Å². The number of benzene rings is 1. The summed E-state index contributed by atoms with van der Waals surface area (Å²) in [6.07, 6.45) is 9.01. The molecule has 26 heavy (non-hydrogen) atoms. The molecule has 4 rings (SSSR count). The Labute approximate surface area is 153 Å². The molecule has 0 spiro atoms. The highest BCUT2D eigenvalue weighted by Gasteiger charge is 2.13. The van der Waals surface area contributed by atoms with Gasteiger partial charge in [0.1, 0.15) is 11.5 Å². The van der Waals surface area contributed by atoms with Gasteiger partial charge in [0, 0.05) is 23.9 Å². The third kappa shape index (κ3) is 3.40. The maximum atomic E-state index is 6.07. The number of aromatic nitrogens is 2. The van der Waals surface area contributed by atoms with Gasteiger partial charge in [0.25, 0.3) is 0 Å². The van der Waals surface area contributed by atoms with Gasteiger partial charge in [-0.25, -0.2) is 4.98 Å². The number of nitrogens with zero attached hydrogens (tertiary/aromatic N) is 2. The third-order valence-electron chi connectivity index (χ3n) is 4.68. The lowest BCUT2D eigenvalue weighted by molar-refractivity contribution is 0.316. The predicted octanol–water partition coefficient (Wildman–Crippen LogP) is 4.93. The largest absolute Gasteiger partial charge is 0.493 e. The molecule has 0 unspecified atom stereocenters. The van der Waals surface area contributed by atoms with E-state index in [9.17, 15) is 0 Å². The SMILES string of the molecule is Cc1ccc(-c2nc(CCOc3cccc4c3CCC=C4)c(C)o2)cn1. The van der Waals surface area contributed by atoms with Crippen molar-refractivity contribution < 1.29 is 9.15 Å². The highest BCUT2D eigenvalue weighted by atomic mass is 16.5. The average molecular weight is 346 g/mol. The quantitative estimate of drug-likeness (QED) is 0.657. The van der Waals surface area contributed by atoms with E-state index in [1.54, 1.807) is 6.20 Å². The topological polar surface area (TPSA) is 48.2 Å². The molecule has 0 fully saturated rings. The first kappa shape index (κ1) is 16.6. The summed E-state index contributed by atoms with van der Waals surface area (Å²) in [7, 11) is 0. The lowest BCUT2D eigenvalue weighted by Crippen LogP contribution is -2.06. The maximum absolute atomic E-state index is 6.07. The molecule has 0 atom stereocenters. The van der Waals surface area contributed by atoms with Gasteiger partial charge in [0.05, 0.1) is 17.9 Å². The van der Waals surface area contributed by atoms with Gasteiger partial charge in [-0.1, -0.05) is 24.3 Å². The number of ether oxygens (including phenoxy) is 1. The van der Waals surface area contributed by atoms with E-state index in [-0.39, 0.29) is 0 Å². The number of allylic oxidation sites excluding steroid dienone is 1. The van der Waals surface area contributed by atoms with Gasteiger partial charge >= 0.3 is 0 Å². The molecule has 1 aliphatic carbocycles. The molecule has 0 saturated heterocycles. The lowest BCUT2D eigenvalue weighted by atomic mass is 9.97. The van der Waals surface area contributed by atoms with Gasteiger partial charge in [-0.05, 0) is 50.5 Å². The zero-order valence-electron chi connectivity index (χ0n) is 15.2. The van der Waals surface area contributed by atoms with E-state index in [2.05, 4.69) is 34.3 Å². The molecule has 0 saturated carbocycles. The van der Waals surface area contributed by atoms with E-state index in [1.165, 1.54) is 11.1 Å². The zero-order valence-corrected chi connectivity index (χ0v) is 15.2. The Morgan fingerprint density at radius 3 is 2.92 bits per heavy atom. The van der Waals surface area contributed by atoms with Crippen LogP contribution >= 0.6 is 0 Å². The second-order valence-corrected chi connectivity index (χ2v) is 6.57. The van der Waals surface area contributed by atoms with Crippen LogP contribution in [0.1, 0.15) is 34.7 Å². The van der Waals surface area contributed by atoms with Crippen LogP contribution in [0.4, 0.5) is 0 Å². The Morgan fingerprint density at radius 1 is 1.15 bits per heavy atom. The monoisotopic (exact) mass is 346 g/mol. The molecule has 132 valence electrons. The Hall–Kier alpha value is -2.88. The van der Waals surface area contributed by atoms with Crippen molar-refractivity contribution in [1.29, 1.82) is 0 Å². The van der Waals surface area contributed by atoms with E-state index in [0.717, 1.165) is 41.3 Å². The molecule has 4 nitrogen and oxygen atoms in total. The fraction of sp³-hybridized carbons (Fsp3) is 0.273. The molecule has 4 heteroatoms. The molecule has 1 aliphatic rings. The Morgan fingerprint density at radius 2 is 2.08 bits per heavy atom. The highest BCUT2D eigenvalue weighted by Crippen LogP contribution is 2.28. The van der Waals surface area contributed by atoms with Crippen LogP contribution in [-0.2, 0) is 12.8 Å². The minimum Gasteiger partial charge on any atom is -0.493 e. The smallest absolute Gasteiger partial charge is 0.228 e. The average Bonchev–Trinajstić information content (AvgIpc) is 3.03. The van der Waals surface area contributed by atoms with Gasteiger partial charge in [-0.2, -0.15) is 0 Å². The van der Waals surface area contributed by atoms with Crippen LogP contribution < -0.4 is 4.74 Å². The van der Waals surface area contributed by atoms with Crippen molar-refractivity contribution >= 4 is 6.08 Å². The Bertz CT molecular complexity index is 939. The first-order chi connectivity index (χ1) is 12.7. The first-order valence-electron chi connectivity index (χ1n) is 9.01. The van der Waals surface area contributed by atoms with Crippen LogP contribution in [0.5, 0.6) is 5.75 Å². The van der Waals surface area contributed by atoms with E-state index in [0.29, 0.717) is 18.9 Å². The van der Waals surface area contributed by atoms with Crippen molar-refractivity contribution in [2.75, 3.05) is 6.61 Å². The predicted molar refractivity (Wildman–Crippen MR) is 102 cm³/mol. The van der Waals surface area contributed by atoms with Crippen LogP contribution in [0.3, 0.4) is 0 Å². The Balaban J connectivity index is 1.44. The molecule has 0 radical (unpaired) electrons. The number of rotatable bonds is 5. The fourth-order valence-corrected chi connectivity index (χ4v) is 3.21. The van der Waals surface area contributed by atoms with Gasteiger partial charge in [0.15, 0.2) is 0 Å². The highest BCUT2D eigenvalue weighted by molar-refractivity contribution is 5.60. The molecule has 0 amide bonds. The molecular formula is C22H22N2O2. The van der Waals surface area contributed by atoms with Gasteiger partial charge in [-0.3, -0.25) is 4.98 Å². The van der Waals surface area contributed by atoms with Crippen LogP contribution in [0.15, 0.2) is 47.0 Å². The summed E-state index contributed by atoms with van der Waals surface area (Å²) in [5, 5.41) is 0. The van der Waals surface area contributed by atoms with Crippen molar-refractivity contribution in [1.82, 2.24) is 9.97 Å². The zero-order chi connectivity index (χ0) is 17.9. The summed E-state index contributed by atoms with van der Waals surface area (Å²) in [6.45, 7) is 4.49. The number of hydrogen-bond donors (Lipinski definition) is 0. The number of hydrogen-bond acceptors (Lipinski definition) is 4. The minimum atomic E-state index is 0.582. The first-order valence-corrected chi connectivity index (χ1v) is 9.01. The van der Waals surface area contributed by atoms with Gasteiger partial charge in [-0.15, -0.1) is 0 Å². The molecule has 0 bridgehead atoms. The second-order valence-electron chi connectivity index (χ2n) is 6.57. The molecule has 0 N–H and O–H groups in total. The second kappa shape index (κ2) is 7.16. The fourth-order valence-electron chi connectivity index (χ4n) is 3.21. The van der Waals surface area contributed by atoms with E-state index < -0.39 is 0 Å². The van der Waals surface area contributed by atoms with Crippen LogP contribution in [0, 0.1) is 13.8 Å². The minimum absolute atomic E-state index is 0.582. The summed E-state index contributed by atoms with van der Waals surface area (Å²) in [6, 6.07) is 10.2. The normalized spacial score (nSPS) is 12.8. The molecule has 3 aromatic rings. The summed E-state index contributed by atoms with van der Waals surface area (Å²) < 4.78 is 11.9. The van der Waals surface area contributed by atoms with Crippen LogP contribution in [-0.4, -0.2) is 16.6 Å². The standard InChI is InChI=1S/C22H22N2O2/c1-15-10-11-18(14-23-15)22-24-20(16(2)26-22)12-13-25-21-9-5-7-17-6-3-4-8-19(17)21/h3,5-7,9-11,14H,4,8,12-13H2,1-2H3. The van der Waals surface area contributed by atoms with Crippen molar-refractivity contribution in [2.45, 2.75) is 33.1 Å². The molecular weight excluding hydrogens is 324 g/mol. The van der Waals surface area contributed by atoms with Crippen molar-refractivity contribution in [3.8, 4) is 17.2 Å². The summed E-state index contributed by atoms with van der Waals surface area (Å²) in [5.41, 5.74) is 5.38. The van der Waals surface area contributed by atoms with Crippen LogP contribution in [0.25, 0.3) is 17.5 Å². The van der Waals surface area contributed by atoms with Gasteiger partial charge in [0.2, 0.25) is 5.89 Å². The van der Waals surface area contributed by atoms with E-state index >= 15 is 0 Å². The Kier molecular flexibility index (Phi) is 4.57. The molecule has 1 aromatic carbocycles. The molecule has 2 heterocycles. The third-order valence-corrected chi connectivity index (χ3v) is 4.68. The van der Waals surface area contributed by atoms with Gasteiger partial charge < -0.3 is 9.15 Å². The van der Waals surface area contributed by atoms with E-state index in [4.69, 9.17) is 9.15 Å². The van der Waals surface area contributed by atoms with Crippen LogP contribution in [0.2, 0.25) is 0 Å². The maximum Gasteiger partial charge on any atom is 0.228 e. The summed E-state index contributed by atoms with van der Waals surface area (Å²) in [5.74, 6) is 2.44. The van der Waals surface area contributed by atoms with E-state index in [1.807, 2.05) is 32.0 Å². The lowest BCUT2D eigenvalue weighted by Gasteiger charge is -2.15. The number of pyridine rings is 1. The van der Waals surface area contributed by atoms with Crippen molar-refractivity contribution in [2.24, 2.45) is 0 Å². The molecule has 2 aromatic heterocycles.